The largest absolute Gasteiger partial charge is 0.313 e. The maximum absolute atomic E-state index is 10.7. The summed E-state index contributed by atoms with van der Waals surface area (Å²) < 4.78 is 21.4. The average molecular weight is 234 g/mol. The van der Waals surface area contributed by atoms with Crippen LogP contribution in [0.25, 0.3) is 0 Å². The number of hydrogen-bond donors (Lipinski definition) is 2. The van der Waals surface area contributed by atoms with Crippen molar-refractivity contribution in [2.45, 2.75) is 45.6 Å². The Morgan fingerprint density at radius 1 is 1.47 bits per heavy atom. The molecular weight excluding hydrogens is 212 g/mol. The van der Waals surface area contributed by atoms with Gasteiger partial charge < -0.3 is 5.32 Å². The minimum Gasteiger partial charge on any atom is -0.313 e. The summed E-state index contributed by atoms with van der Waals surface area (Å²) in [4.78, 5) is 0. The quantitative estimate of drug-likeness (QED) is 0.692. The van der Waals surface area contributed by atoms with Crippen LogP contribution in [-0.4, -0.2) is 26.8 Å². The van der Waals surface area contributed by atoms with Gasteiger partial charge in [-0.05, 0) is 31.2 Å². The van der Waals surface area contributed by atoms with Gasteiger partial charge in [-0.3, -0.25) is 0 Å². The highest BCUT2D eigenvalue weighted by atomic mass is 32.2. The molecule has 0 aromatic rings. The van der Waals surface area contributed by atoms with Crippen molar-refractivity contribution in [2.75, 3.05) is 12.3 Å². The molecule has 0 amide bonds. The van der Waals surface area contributed by atoms with Gasteiger partial charge in [-0.15, -0.1) is 0 Å². The first-order valence-corrected chi connectivity index (χ1v) is 7.27. The molecule has 1 rings (SSSR count). The van der Waals surface area contributed by atoms with E-state index in [2.05, 4.69) is 19.2 Å². The molecule has 5 heteroatoms. The lowest BCUT2D eigenvalue weighted by Crippen LogP contribution is -2.38. The number of rotatable bonds is 5. The fraction of sp³-hybridized carbons (Fsp3) is 1.00. The van der Waals surface area contributed by atoms with Crippen LogP contribution in [0.1, 0.15) is 39.5 Å². The fourth-order valence-corrected chi connectivity index (χ4v) is 2.80. The summed E-state index contributed by atoms with van der Waals surface area (Å²) in [7, 11) is -3.29. The number of sulfonamides is 1. The molecule has 90 valence electrons. The molecule has 0 aromatic heterocycles. The third-order valence-electron chi connectivity index (χ3n) is 3.25. The molecule has 0 aliphatic heterocycles. The Morgan fingerprint density at radius 2 is 2.13 bits per heavy atom. The summed E-state index contributed by atoms with van der Waals surface area (Å²) in [5.41, 5.74) is 0.349. The molecule has 1 aliphatic rings. The van der Waals surface area contributed by atoms with Gasteiger partial charge in [0.15, 0.2) is 0 Å². The van der Waals surface area contributed by atoms with E-state index >= 15 is 0 Å². The Balaban J connectivity index is 2.21. The van der Waals surface area contributed by atoms with Gasteiger partial charge in [-0.2, -0.15) is 0 Å². The molecule has 0 radical (unpaired) electrons. The normalized spacial score (nSPS) is 25.7. The van der Waals surface area contributed by atoms with Crippen LogP contribution in [0, 0.1) is 5.41 Å². The topological polar surface area (TPSA) is 72.2 Å². The van der Waals surface area contributed by atoms with Crippen molar-refractivity contribution in [2.24, 2.45) is 10.6 Å². The van der Waals surface area contributed by atoms with Crippen LogP contribution in [0.15, 0.2) is 0 Å². The Labute approximate surface area is 92.7 Å². The van der Waals surface area contributed by atoms with Crippen molar-refractivity contribution in [3.05, 3.63) is 0 Å². The van der Waals surface area contributed by atoms with Crippen molar-refractivity contribution in [3.63, 3.8) is 0 Å². The molecule has 4 nitrogen and oxygen atoms in total. The van der Waals surface area contributed by atoms with Gasteiger partial charge in [0.1, 0.15) is 0 Å². The van der Waals surface area contributed by atoms with E-state index in [1.54, 1.807) is 0 Å². The average Bonchev–Trinajstić information content (AvgIpc) is 2.37. The lowest BCUT2D eigenvalue weighted by Gasteiger charge is -2.27. The zero-order valence-corrected chi connectivity index (χ0v) is 10.4. The molecule has 15 heavy (non-hydrogen) atoms. The highest BCUT2D eigenvalue weighted by Gasteiger charge is 2.33. The van der Waals surface area contributed by atoms with E-state index in [1.165, 1.54) is 19.3 Å². The van der Waals surface area contributed by atoms with Crippen LogP contribution < -0.4 is 10.5 Å². The molecule has 1 saturated carbocycles. The smallest absolute Gasteiger partial charge is 0.209 e. The summed E-state index contributed by atoms with van der Waals surface area (Å²) in [5.74, 6) is 0.0765. The Kier molecular flexibility index (Phi) is 4.14. The van der Waals surface area contributed by atoms with Gasteiger partial charge in [0.25, 0.3) is 0 Å². The van der Waals surface area contributed by atoms with Crippen LogP contribution in [0.4, 0.5) is 0 Å². The Hall–Kier alpha value is -0.130. The summed E-state index contributed by atoms with van der Waals surface area (Å²) in [6, 6.07) is 0.526. The zero-order valence-electron chi connectivity index (χ0n) is 9.62. The second kappa shape index (κ2) is 4.80. The number of hydrogen-bond acceptors (Lipinski definition) is 3. The predicted molar refractivity (Wildman–Crippen MR) is 62.0 cm³/mol. The molecule has 3 N–H and O–H groups in total. The van der Waals surface area contributed by atoms with Gasteiger partial charge in [0.2, 0.25) is 10.0 Å². The first-order chi connectivity index (χ1) is 6.81. The van der Waals surface area contributed by atoms with E-state index in [0.29, 0.717) is 17.9 Å². The van der Waals surface area contributed by atoms with E-state index in [0.717, 1.165) is 6.54 Å². The maximum Gasteiger partial charge on any atom is 0.209 e. The van der Waals surface area contributed by atoms with Gasteiger partial charge in [-0.1, -0.05) is 20.3 Å². The molecule has 1 unspecified atom stereocenters. The predicted octanol–water partition coefficient (Wildman–Crippen LogP) is 0.833. The van der Waals surface area contributed by atoms with Crippen LogP contribution >= 0.6 is 0 Å². The number of primary sulfonamides is 1. The first-order valence-electron chi connectivity index (χ1n) is 5.55. The van der Waals surface area contributed by atoms with Crippen molar-refractivity contribution >= 4 is 10.0 Å². The van der Waals surface area contributed by atoms with Crippen molar-refractivity contribution in [1.82, 2.24) is 5.32 Å². The summed E-state index contributed by atoms with van der Waals surface area (Å²) in [6.45, 7) is 5.26. The highest BCUT2D eigenvalue weighted by Crippen LogP contribution is 2.36. The lowest BCUT2D eigenvalue weighted by atomic mass is 9.87. The minimum atomic E-state index is -3.29. The molecule has 1 aliphatic carbocycles. The van der Waals surface area contributed by atoms with E-state index < -0.39 is 10.0 Å². The van der Waals surface area contributed by atoms with E-state index in [4.69, 9.17) is 5.14 Å². The Morgan fingerprint density at radius 3 is 2.60 bits per heavy atom. The fourth-order valence-electron chi connectivity index (χ4n) is 2.25. The van der Waals surface area contributed by atoms with E-state index in [9.17, 15) is 8.42 Å². The summed E-state index contributed by atoms with van der Waals surface area (Å²) in [5, 5.41) is 8.35. The molecule has 1 fully saturated rings. The molecule has 1 atom stereocenters. The third kappa shape index (κ3) is 4.49. The van der Waals surface area contributed by atoms with Crippen molar-refractivity contribution < 1.29 is 8.42 Å². The minimum absolute atomic E-state index is 0.0765. The van der Waals surface area contributed by atoms with Gasteiger partial charge in [0.05, 0.1) is 5.75 Å². The second-order valence-electron chi connectivity index (χ2n) is 5.11. The van der Waals surface area contributed by atoms with Crippen molar-refractivity contribution in [3.8, 4) is 0 Å². The second-order valence-corrected chi connectivity index (χ2v) is 6.84. The summed E-state index contributed by atoms with van der Waals surface area (Å²) >= 11 is 0. The third-order valence-corrected chi connectivity index (χ3v) is 4.11. The number of nitrogens with one attached hydrogen (secondary N) is 1. The van der Waals surface area contributed by atoms with E-state index in [-0.39, 0.29) is 5.75 Å². The van der Waals surface area contributed by atoms with Crippen molar-refractivity contribution in [1.29, 1.82) is 0 Å². The summed E-state index contributed by atoms with van der Waals surface area (Å²) in [6.07, 6.45) is 4.31. The van der Waals surface area contributed by atoms with Crippen LogP contribution in [0.2, 0.25) is 0 Å². The molecule has 0 aromatic carbocycles. The monoisotopic (exact) mass is 234 g/mol. The van der Waals surface area contributed by atoms with Gasteiger partial charge in [-0.25, -0.2) is 13.6 Å². The molecule has 0 heterocycles. The lowest BCUT2D eigenvalue weighted by molar-refractivity contribution is 0.285. The van der Waals surface area contributed by atoms with Gasteiger partial charge in [0, 0.05) is 6.04 Å². The highest BCUT2D eigenvalue weighted by molar-refractivity contribution is 7.89. The molecule has 0 spiro atoms. The molecule has 0 saturated heterocycles. The van der Waals surface area contributed by atoms with Crippen LogP contribution in [-0.2, 0) is 10.0 Å². The zero-order chi connectivity index (χ0) is 11.5. The van der Waals surface area contributed by atoms with Crippen LogP contribution in [0.3, 0.4) is 0 Å². The standard InChI is InChI=1S/C10H22N2O2S/c1-10(2)6-3-5-9(10)12-7-4-8-15(11,13)14/h9,12H,3-8H2,1-2H3,(H2,11,13,14). The number of nitrogens with two attached hydrogens (primary N) is 1. The van der Waals surface area contributed by atoms with E-state index in [1.807, 2.05) is 0 Å². The van der Waals surface area contributed by atoms with Crippen LogP contribution in [0.5, 0.6) is 0 Å². The SMILES string of the molecule is CC1(C)CCCC1NCCCS(N)(=O)=O. The maximum atomic E-state index is 10.7. The van der Waals surface area contributed by atoms with Gasteiger partial charge >= 0.3 is 0 Å². The Bertz CT molecular complexity index is 299. The first kappa shape index (κ1) is 12.9. The molecular formula is C10H22N2O2S. The molecule has 0 bridgehead atoms.